The Labute approximate surface area is 155 Å². The molecule has 2 heterocycles. The zero-order valence-electron chi connectivity index (χ0n) is 12.6. The highest BCUT2D eigenvalue weighted by Crippen LogP contribution is 2.36. The normalized spacial score (nSPS) is 14.6. The van der Waals surface area contributed by atoms with Gasteiger partial charge in [-0.15, -0.1) is 0 Å². The van der Waals surface area contributed by atoms with Crippen LogP contribution in [0, 0.1) is 0 Å². The number of hydrogen-bond acceptors (Lipinski definition) is 5. The summed E-state index contributed by atoms with van der Waals surface area (Å²) in [5.41, 5.74) is -0.00500. The van der Waals surface area contributed by atoms with Gasteiger partial charge in [-0.2, -0.15) is 13.2 Å². The van der Waals surface area contributed by atoms with E-state index in [0.717, 1.165) is 32.9 Å². The molecule has 0 unspecified atom stereocenters. The van der Waals surface area contributed by atoms with E-state index >= 15 is 0 Å². The van der Waals surface area contributed by atoms with Gasteiger partial charge in [0.05, 0.1) is 17.1 Å². The molecule has 1 aliphatic heterocycles. The molecule has 0 atom stereocenters. The number of rotatable bonds is 3. The fourth-order valence-corrected chi connectivity index (χ4v) is 3.66. The van der Waals surface area contributed by atoms with Crippen molar-refractivity contribution in [3.05, 3.63) is 58.6 Å². The van der Waals surface area contributed by atoms with Crippen LogP contribution in [0.2, 0.25) is 5.02 Å². The van der Waals surface area contributed by atoms with E-state index in [1.54, 1.807) is 0 Å². The third kappa shape index (κ3) is 4.71. The van der Waals surface area contributed by atoms with Gasteiger partial charge in [-0.3, -0.25) is 4.99 Å². The summed E-state index contributed by atoms with van der Waals surface area (Å²) in [6, 6.07) is 8.25. The molecular formula is C16H11ClF3N3S2. The summed E-state index contributed by atoms with van der Waals surface area (Å²) >= 11 is 8.61. The predicted octanol–water partition coefficient (Wildman–Crippen LogP) is 5.93. The number of benzene rings is 1. The van der Waals surface area contributed by atoms with Crippen LogP contribution in [0.25, 0.3) is 0 Å². The van der Waals surface area contributed by atoms with Gasteiger partial charge in [0.1, 0.15) is 5.03 Å². The number of aromatic nitrogens is 1. The van der Waals surface area contributed by atoms with Gasteiger partial charge in [0.15, 0.2) is 5.17 Å². The van der Waals surface area contributed by atoms with Crippen LogP contribution in [0.5, 0.6) is 0 Å². The lowest BCUT2D eigenvalue weighted by molar-refractivity contribution is -0.137. The fourth-order valence-electron chi connectivity index (χ4n) is 1.92. The van der Waals surface area contributed by atoms with Gasteiger partial charge in [0.25, 0.3) is 0 Å². The Hall–Kier alpha value is -1.64. The van der Waals surface area contributed by atoms with Gasteiger partial charge in [0, 0.05) is 21.7 Å². The van der Waals surface area contributed by atoms with Gasteiger partial charge in [0.2, 0.25) is 0 Å². The molecule has 25 heavy (non-hydrogen) atoms. The Morgan fingerprint density at radius 3 is 2.52 bits per heavy atom. The Balaban J connectivity index is 1.68. The third-order valence-corrected chi connectivity index (χ3v) is 5.36. The highest BCUT2D eigenvalue weighted by Gasteiger charge is 2.31. The first-order valence-electron chi connectivity index (χ1n) is 6.99. The molecule has 0 saturated heterocycles. The average molecular weight is 402 g/mol. The summed E-state index contributed by atoms with van der Waals surface area (Å²) in [6.07, 6.45) is -3.67. The number of nitrogens with one attached hydrogen (secondary N) is 1. The number of anilines is 1. The number of thioether (sulfide) groups is 1. The van der Waals surface area contributed by atoms with Gasteiger partial charge in [-0.05, 0) is 30.3 Å². The Morgan fingerprint density at radius 1 is 1.24 bits per heavy atom. The minimum atomic E-state index is -4.46. The summed E-state index contributed by atoms with van der Waals surface area (Å²) in [5, 5.41) is 4.26. The molecule has 1 N–H and O–H groups in total. The van der Waals surface area contributed by atoms with E-state index in [1.165, 1.54) is 23.5 Å². The number of halogens is 4. The van der Waals surface area contributed by atoms with Crippen molar-refractivity contribution < 1.29 is 13.2 Å². The predicted molar refractivity (Wildman–Crippen MR) is 97.5 cm³/mol. The van der Waals surface area contributed by atoms with Crippen LogP contribution in [0.1, 0.15) is 5.56 Å². The molecular weight excluding hydrogens is 391 g/mol. The lowest BCUT2D eigenvalue weighted by Crippen LogP contribution is -2.05. The Bertz CT molecular complexity index is 836. The first-order valence-corrected chi connectivity index (χ1v) is 9.00. The van der Waals surface area contributed by atoms with E-state index in [4.69, 9.17) is 11.6 Å². The summed E-state index contributed by atoms with van der Waals surface area (Å²) in [6.45, 7) is 4.46. The minimum Gasteiger partial charge on any atom is -0.335 e. The molecule has 1 aliphatic rings. The number of alkyl halides is 3. The number of pyridine rings is 1. The highest BCUT2D eigenvalue weighted by molar-refractivity contribution is 8.17. The summed E-state index contributed by atoms with van der Waals surface area (Å²) < 4.78 is 37.9. The van der Waals surface area contributed by atoms with Crippen LogP contribution in [0.3, 0.4) is 0 Å². The maximum atomic E-state index is 12.6. The van der Waals surface area contributed by atoms with Gasteiger partial charge in [-0.25, -0.2) is 4.98 Å². The van der Waals surface area contributed by atoms with Crippen LogP contribution >= 0.6 is 35.1 Å². The molecule has 0 saturated carbocycles. The van der Waals surface area contributed by atoms with Crippen molar-refractivity contribution >= 4 is 46.0 Å². The van der Waals surface area contributed by atoms with Crippen molar-refractivity contribution in [3.63, 3.8) is 0 Å². The van der Waals surface area contributed by atoms with Crippen LogP contribution in [0.15, 0.2) is 62.9 Å². The molecule has 0 radical (unpaired) electrons. The molecule has 0 amide bonds. The van der Waals surface area contributed by atoms with E-state index in [9.17, 15) is 13.2 Å². The molecule has 0 aliphatic carbocycles. The van der Waals surface area contributed by atoms with Gasteiger partial charge < -0.3 is 5.32 Å². The maximum absolute atomic E-state index is 12.6. The van der Waals surface area contributed by atoms with Crippen molar-refractivity contribution in [2.24, 2.45) is 4.99 Å². The number of nitrogens with zero attached hydrogens (tertiary/aromatic N) is 2. The Morgan fingerprint density at radius 2 is 1.96 bits per heavy atom. The van der Waals surface area contributed by atoms with Crippen LogP contribution in [0.4, 0.5) is 18.9 Å². The van der Waals surface area contributed by atoms with E-state index in [0.29, 0.717) is 11.6 Å². The van der Waals surface area contributed by atoms with Crippen LogP contribution in [-0.2, 0) is 6.18 Å². The molecule has 3 nitrogen and oxygen atoms in total. The quantitative estimate of drug-likeness (QED) is 0.691. The Kier molecular flexibility index (Phi) is 5.31. The SMILES string of the molecule is C=C1CN=C(Nc2ccc(Sc3ncc(C(F)(F)F)cc3Cl)cc2)S1. The molecule has 2 aromatic rings. The van der Waals surface area contributed by atoms with E-state index in [-0.39, 0.29) is 5.02 Å². The fraction of sp³-hybridized carbons (Fsp3) is 0.125. The number of amidine groups is 1. The first-order chi connectivity index (χ1) is 11.8. The summed E-state index contributed by atoms with van der Waals surface area (Å²) in [7, 11) is 0. The lowest BCUT2D eigenvalue weighted by atomic mass is 10.3. The third-order valence-electron chi connectivity index (χ3n) is 3.09. The molecule has 0 bridgehead atoms. The second-order valence-corrected chi connectivity index (χ2v) is 7.66. The monoisotopic (exact) mass is 401 g/mol. The standard InChI is InChI=1S/C16H11ClF3N3S2/c1-9-7-22-15(24-9)23-11-2-4-12(5-3-11)25-14-13(17)6-10(8-21-14)16(18,19)20/h2-6,8H,1,7H2,(H,22,23). The van der Waals surface area contributed by atoms with Gasteiger partial charge >= 0.3 is 6.18 Å². The van der Waals surface area contributed by atoms with Crippen molar-refractivity contribution in [1.82, 2.24) is 4.98 Å². The molecule has 0 spiro atoms. The second kappa shape index (κ2) is 7.31. The molecule has 3 rings (SSSR count). The van der Waals surface area contributed by atoms with Crippen molar-refractivity contribution in [2.45, 2.75) is 16.1 Å². The maximum Gasteiger partial charge on any atom is 0.417 e. The van der Waals surface area contributed by atoms with Gasteiger partial charge in [-0.1, -0.05) is 41.7 Å². The zero-order valence-corrected chi connectivity index (χ0v) is 15.0. The average Bonchev–Trinajstić information content (AvgIpc) is 2.95. The van der Waals surface area contributed by atoms with Crippen molar-refractivity contribution in [3.8, 4) is 0 Å². The molecule has 9 heteroatoms. The first kappa shape index (κ1) is 18.2. The second-order valence-electron chi connectivity index (χ2n) is 5.02. The minimum absolute atomic E-state index is 0.0303. The molecule has 130 valence electrons. The van der Waals surface area contributed by atoms with Crippen LogP contribution < -0.4 is 5.32 Å². The smallest absolute Gasteiger partial charge is 0.335 e. The van der Waals surface area contributed by atoms with Crippen molar-refractivity contribution in [2.75, 3.05) is 11.9 Å². The zero-order chi connectivity index (χ0) is 18.0. The van der Waals surface area contributed by atoms with E-state index in [1.807, 2.05) is 24.3 Å². The number of hydrogen-bond donors (Lipinski definition) is 1. The highest BCUT2D eigenvalue weighted by atomic mass is 35.5. The summed E-state index contributed by atoms with van der Waals surface area (Å²) in [4.78, 5) is 9.90. The van der Waals surface area contributed by atoms with Crippen molar-refractivity contribution in [1.29, 1.82) is 0 Å². The van der Waals surface area contributed by atoms with E-state index in [2.05, 4.69) is 21.9 Å². The molecule has 1 aromatic heterocycles. The largest absolute Gasteiger partial charge is 0.417 e. The summed E-state index contributed by atoms with van der Waals surface area (Å²) in [5.74, 6) is 0. The lowest BCUT2D eigenvalue weighted by Gasteiger charge is -2.09. The van der Waals surface area contributed by atoms with Crippen LogP contribution in [-0.4, -0.2) is 16.7 Å². The molecule has 0 fully saturated rings. The molecule has 1 aromatic carbocycles. The number of aliphatic imine (C=N–C) groups is 1. The topological polar surface area (TPSA) is 37.3 Å². The van der Waals surface area contributed by atoms with E-state index < -0.39 is 11.7 Å².